The highest BCUT2D eigenvalue weighted by Gasteiger charge is 2.04. The van der Waals surface area contributed by atoms with Crippen molar-refractivity contribution in [1.29, 1.82) is 0 Å². The number of carbonyl (C=O) groups is 1. The first kappa shape index (κ1) is 11.1. The van der Waals surface area contributed by atoms with Gasteiger partial charge in [-0.25, -0.2) is 0 Å². The van der Waals surface area contributed by atoms with Gasteiger partial charge in [-0.15, -0.1) is 0 Å². The van der Waals surface area contributed by atoms with Crippen LogP contribution < -0.4 is 0 Å². The van der Waals surface area contributed by atoms with Crippen LogP contribution in [0, 0.1) is 3.57 Å². The molecular formula is C11H9IN2O2. The molecule has 2 aromatic rings. The van der Waals surface area contributed by atoms with Gasteiger partial charge >= 0.3 is 5.97 Å². The summed E-state index contributed by atoms with van der Waals surface area (Å²) in [6.45, 7) is -0.107. The fourth-order valence-electron chi connectivity index (χ4n) is 1.38. The minimum absolute atomic E-state index is 0.107. The van der Waals surface area contributed by atoms with Crippen molar-refractivity contribution >= 4 is 28.6 Å². The summed E-state index contributed by atoms with van der Waals surface area (Å²) in [7, 11) is 0. The van der Waals surface area contributed by atoms with Gasteiger partial charge in [-0.05, 0) is 40.3 Å². The summed E-state index contributed by atoms with van der Waals surface area (Å²) in [5.41, 5.74) is 1.97. The molecule has 5 heteroatoms. The lowest BCUT2D eigenvalue weighted by molar-refractivity contribution is -0.137. The lowest BCUT2D eigenvalue weighted by Gasteiger charge is -1.97. The average molecular weight is 328 g/mol. The zero-order chi connectivity index (χ0) is 11.5. The predicted octanol–water partition coefficient (Wildman–Crippen LogP) is 2.24. The van der Waals surface area contributed by atoms with Crippen LogP contribution in [0.2, 0.25) is 0 Å². The van der Waals surface area contributed by atoms with Gasteiger partial charge in [0.1, 0.15) is 6.54 Å². The summed E-state index contributed by atoms with van der Waals surface area (Å²) in [5.74, 6) is -0.891. The van der Waals surface area contributed by atoms with Gasteiger partial charge in [0.05, 0.1) is 6.20 Å². The van der Waals surface area contributed by atoms with Crippen LogP contribution in [0.4, 0.5) is 0 Å². The van der Waals surface area contributed by atoms with E-state index in [1.165, 1.54) is 8.25 Å². The molecule has 0 bridgehead atoms. The number of aromatic nitrogens is 2. The molecule has 0 radical (unpaired) electrons. The Morgan fingerprint density at radius 1 is 1.31 bits per heavy atom. The van der Waals surface area contributed by atoms with Crippen LogP contribution in [0.15, 0.2) is 36.7 Å². The molecule has 0 atom stereocenters. The SMILES string of the molecule is O=C(O)Cn1cc(-c2ccc(I)cc2)cn1. The highest BCUT2D eigenvalue weighted by molar-refractivity contribution is 14.1. The van der Waals surface area contributed by atoms with Gasteiger partial charge < -0.3 is 5.11 Å². The molecule has 0 aliphatic carbocycles. The second kappa shape index (κ2) is 4.65. The van der Waals surface area contributed by atoms with Crippen molar-refractivity contribution in [2.75, 3.05) is 0 Å². The summed E-state index contributed by atoms with van der Waals surface area (Å²) in [4.78, 5) is 10.5. The van der Waals surface area contributed by atoms with E-state index in [4.69, 9.17) is 5.11 Å². The van der Waals surface area contributed by atoms with Gasteiger partial charge in [0.15, 0.2) is 0 Å². The first-order valence-electron chi connectivity index (χ1n) is 4.65. The lowest BCUT2D eigenvalue weighted by atomic mass is 10.1. The van der Waals surface area contributed by atoms with Gasteiger partial charge in [-0.1, -0.05) is 12.1 Å². The zero-order valence-electron chi connectivity index (χ0n) is 8.30. The quantitative estimate of drug-likeness (QED) is 0.879. The van der Waals surface area contributed by atoms with E-state index in [2.05, 4.69) is 27.7 Å². The van der Waals surface area contributed by atoms with Crippen molar-refractivity contribution < 1.29 is 9.90 Å². The largest absolute Gasteiger partial charge is 0.480 e. The molecule has 4 nitrogen and oxygen atoms in total. The average Bonchev–Trinajstić information content (AvgIpc) is 2.66. The van der Waals surface area contributed by atoms with Gasteiger partial charge in [-0.2, -0.15) is 5.10 Å². The minimum atomic E-state index is -0.891. The third kappa shape index (κ3) is 2.60. The molecule has 1 N–H and O–H groups in total. The van der Waals surface area contributed by atoms with Crippen LogP contribution in [0.5, 0.6) is 0 Å². The van der Waals surface area contributed by atoms with E-state index in [0.29, 0.717) is 0 Å². The maximum atomic E-state index is 10.5. The summed E-state index contributed by atoms with van der Waals surface area (Å²) < 4.78 is 2.58. The van der Waals surface area contributed by atoms with E-state index in [9.17, 15) is 4.79 Å². The Labute approximate surface area is 106 Å². The first-order chi connectivity index (χ1) is 7.65. The second-order valence-electron chi connectivity index (χ2n) is 3.33. The van der Waals surface area contributed by atoms with Gasteiger partial charge in [-0.3, -0.25) is 9.48 Å². The number of rotatable bonds is 3. The number of nitrogens with zero attached hydrogens (tertiary/aromatic N) is 2. The van der Waals surface area contributed by atoms with Crippen LogP contribution in [0.25, 0.3) is 11.1 Å². The Bertz CT molecular complexity index is 505. The fraction of sp³-hybridized carbons (Fsp3) is 0.0909. The molecule has 0 saturated carbocycles. The highest BCUT2D eigenvalue weighted by Crippen LogP contribution is 2.19. The normalized spacial score (nSPS) is 10.3. The van der Waals surface area contributed by atoms with Crippen LogP contribution >= 0.6 is 22.6 Å². The maximum absolute atomic E-state index is 10.5. The van der Waals surface area contributed by atoms with Crippen LogP contribution in [0.1, 0.15) is 0 Å². The molecule has 0 fully saturated rings. The van der Waals surface area contributed by atoms with Crippen molar-refractivity contribution in [2.45, 2.75) is 6.54 Å². The molecule has 0 aliphatic rings. The number of halogens is 1. The summed E-state index contributed by atoms with van der Waals surface area (Å²) >= 11 is 2.24. The van der Waals surface area contributed by atoms with Gasteiger partial charge in [0.2, 0.25) is 0 Å². The minimum Gasteiger partial charge on any atom is -0.480 e. The van der Waals surface area contributed by atoms with E-state index in [1.807, 2.05) is 24.3 Å². The van der Waals surface area contributed by atoms with Crippen LogP contribution in [0.3, 0.4) is 0 Å². The van der Waals surface area contributed by atoms with E-state index >= 15 is 0 Å². The molecular weight excluding hydrogens is 319 g/mol. The number of hydrogen-bond donors (Lipinski definition) is 1. The molecule has 82 valence electrons. The molecule has 1 aromatic heterocycles. The number of benzene rings is 1. The molecule has 0 amide bonds. The van der Waals surface area contributed by atoms with E-state index in [0.717, 1.165) is 11.1 Å². The highest BCUT2D eigenvalue weighted by atomic mass is 127. The Balaban J connectivity index is 2.24. The topological polar surface area (TPSA) is 55.1 Å². The van der Waals surface area contributed by atoms with Crippen molar-refractivity contribution in [3.05, 3.63) is 40.2 Å². The summed E-state index contributed by atoms with van der Waals surface area (Å²) in [6, 6.07) is 7.99. The molecule has 0 aliphatic heterocycles. The third-order valence-electron chi connectivity index (χ3n) is 2.11. The Kier molecular flexibility index (Phi) is 3.23. The van der Waals surface area contributed by atoms with Gasteiger partial charge in [0.25, 0.3) is 0 Å². The summed E-state index contributed by atoms with van der Waals surface area (Å²) in [6.07, 6.45) is 3.40. The number of carboxylic acid groups (broad SMARTS) is 1. The van der Waals surface area contributed by atoms with Crippen LogP contribution in [-0.2, 0) is 11.3 Å². The van der Waals surface area contributed by atoms with Gasteiger partial charge in [0, 0.05) is 15.3 Å². The molecule has 0 saturated heterocycles. The Morgan fingerprint density at radius 3 is 2.62 bits per heavy atom. The van der Waals surface area contributed by atoms with E-state index < -0.39 is 5.97 Å². The third-order valence-corrected chi connectivity index (χ3v) is 2.83. The molecule has 16 heavy (non-hydrogen) atoms. The Hall–Kier alpha value is -1.37. The molecule has 2 rings (SSSR count). The Morgan fingerprint density at radius 2 is 2.00 bits per heavy atom. The monoisotopic (exact) mass is 328 g/mol. The van der Waals surface area contributed by atoms with E-state index in [1.54, 1.807) is 12.4 Å². The van der Waals surface area contributed by atoms with Crippen molar-refractivity contribution in [1.82, 2.24) is 9.78 Å². The standard InChI is InChI=1S/C11H9IN2O2/c12-10-3-1-8(2-4-10)9-5-13-14(6-9)7-11(15)16/h1-6H,7H2,(H,15,16). The van der Waals surface area contributed by atoms with Crippen molar-refractivity contribution in [3.8, 4) is 11.1 Å². The number of carboxylic acids is 1. The van der Waals surface area contributed by atoms with Crippen LogP contribution in [-0.4, -0.2) is 20.9 Å². The zero-order valence-corrected chi connectivity index (χ0v) is 10.5. The smallest absolute Gasteiger partial charge is 0.325 e. The molecule has 1 aromatic carbocycles. The van der Waals surface area contributed by atoms with Crippen molar-refractivity contribution in [2.24, 2.45) is 0 Å². The molecule has 1 heterocycles. The summed E-state index contributed by atoms with van der Waals surface area (Å²) in [5, 5.41) is 12.6. The molecule has 0 spiro atoms. The predicted molar refractivity (Wildman–Crippen MR) is 68.0 cm³/mol. The fourth-order valence-corrected chi connectivity index (χ4v) is 1.74. The van der Waals surface area contributed by atoms with E-state index in [-0.39, 0.29) is 6.54 Å². The second-order valence-corrected chi connectivity index (χ2v) is 4.57. The number of aliphatic carboxylic acids is 1. The first-order valence-corrected chi connectivity index (χ1v) is 5.73. The maximum Gasteiger partial charge on any atom is 0.325 e. The molecule has 0 unspecified atom stereocenters. The lowest BCUT2D eigenvalue weighted by Crippen LogP contribution is -2.08. The number of hydrogen-bond acceptors (Lipinski definition) is 2. The van der Waals surface area contributed by atoms with Crippen molar-refractivity contribution in [3.63, 3.8) is 0 Å².